The van der Waals surface area contributed by atoms with Gasteiger partial charge in [0.05, 0.1) is 6.61 Å². The number of halogens is 1. The zero-order valence-corrected chi connectivity index (χ0v) is 6.77. The van der Waals surface area contributed by atoms with Crippen LogP contribution >= 0.6 is 11.6 Å². The van der Waals surface area contributed by atoms with Crippen molar-refractivity contribution < 1.29 is 4.74 Å². The van der Waals surface area contributed by atoms with Gasteiger partial charge in [0.2, 0.25) is 0 Å². The largest absolute Gasteiger partial charge is 0.493 e. The molecule has 0 bridgehead atoms. The third kappa shape index (κ3) is 1.33. The van der Waals surface area contributed by atoms with Gasteiger partial charge in [-0.1, -0.05) is 11.6 Å². The Bertz CT molecular complexity index is 270. The van der Waals surface area contributed by atoms with Crippen molar-refractivity contribution >= 4 is 11.6 Å². The van der Waals surface area contributed by atoms with Crippen molar-refractivity contribution in [2.75, 3.05) is 6.61 Å². The lowest BCUT2D eigenvalue weighted by molar-refractivity contribution is 0.306. The van der Waals surface area contributed by atoms with Gasteiger partial charge >= 0.3 is 0 Å². The van der Waals surface area contributed by atoms with Crippen molar-refractivity contribution in [3.8, 4) is 5.75 Å². The molecule has 0 N–H and O–H groups in total. The van der Waals surface area contributed by atoms with Crippen molar-refractivity contribution in [1.82, 2.24) is 0 Å². The number of rotatable bonds is 0. The first-order valence-corrected chi connectivity index (χ1v) is 3.99. The summed E-state index contributed by atoms with van der Waals surface area (Å²) in [5, 5.41) is 0.769. The molecule has 1 aromatic rings. The predicted octanol–water partition coefficient (Wildman–Crippen LogP) is 2.67. The van der Waals surface area contributed by atoms with Crippen LogP contribution in [0.5, 0.6) is 5.75 Å². The topological polar surface area (TPSA) is 9.23 Å². The Kier molecular flexibility index (Phi) is 1.74. The minimum Gasteiger partial charge on any atom is -0.493 e. The maximum Gasteiger partial charge on any atom is 0.122 e. The molecule has 11 heavy (non-hydrogen) atoms. The molecule has 0 unspecified atom stereocenters. The SMILES string of the molecule is Clc1ccc2c(c1)[CH]CCO2. The van der Waals surface area contributed by atoms with Gasteiger partial charge in [0.25, 0.3) is 0 Å². The summed E-state index contributed by atoms with van der Waals surface area (Å²) < 4.78 is 5.39. The molecule has 1 nitrogen and oxygen atoms in total. The van der Waals surface area contributed by atoms with E-state index in [4.69, 9.17) is 16.3 Å². The Labute approximate surface area is 70.9 Å². The third-order valence-electron chi connectivity index (χ3n) is 1.71. The summed E-state index contributed by atoms with van der Waals surface area (Å²) >= 11 is 5.80. The Morgan fingerprint density at radius 2 is 2.27 bits per heavy atom. The molecule has 0 saturated carbocycles. The average Bonchev–Trinajstić information content (AvgIpc) is 2.04. The molecular weight excluding hydrogens is 160 g/mol. The normalized spacial score (nSPS) is 15.4. The van der Waals surface area contributed by atoms with Crippen molar-refractivity contribution in [3.63, 3.8) is 0 Å². The first kappa shape index (κ1) is 6.99. The molecule has 0 atom stereocenters. The van der Waals surface area contributed by atoms with Gasteiger partial charge in [0.1, 0.15) is 5.75 Å². The Morgan fingerprint density at radius 1 is 1.36 bits per heavy atom. The lowest BCUT2D eigenvalue weighted by atomic mass is 10.1. The molecule has 0 spiro atoms. The summed E-state index contributed by atoms with van der Waals surface area (Å²) in [4.78, 5) is 0. The fourth-order valence-corrected chi connectivity index (χ4v) is 1.37. The van der Waals surface area contributed by atoms with Crippen LogP contribution in [-0.4, -0.2) is 6.61 Å². The third-order valence-corrected chi connectivity index (χ3v) is 1.95. The maximum atomic E-state index is 5.80. The van der Waals surface area contributed by atoms with Gasteiger partial charge in [-0.3, -0.25) is 0 Å². The van der Waals surface area contributed by atoms with Crippen LogP contribution in [0.4, 0.5) is 0 Å². The van der Waals surface area contributed by atoms with Crippen LogP contribution in [0.2, 0.25) is 5.02 Å². The van der Waals surface area contributed by atoms with E-state index < -0.39 is 0 Å². The quantitative estimate of drug-likeness (QED) is 0.577. The summed E-state index contributed by atoms with van der Waals surface area (Å²) in [6.45, 7) is 0.786. The summed E-state index contributed by atoms with van der Waals surface area (Å²) in [6, 6.07) is 5.68. The minimum absolute atomic E-state index is 0.769. The Morgan fingerprint density at radius 3 is 3.18 bits per heavy atom. The van der Waals surface area contributed by atoms with E-state index in [0.717, 1.165) is 29.4 Å². The Hall–Kier alpha value is -0.690. The lowest BCUT2D eigenvalue weighted by Crippen LogP contribution is -2.06. The predicted molar refractivity (Wildman–Crippen MR) is 45.0 cm³/mol. The second-order valence-electron chi connectivity index (χ2n) is 2.52. The number of hydrogen-bond donors (Lipinski definition) is 0. The second-order valence-corrected chi connectivity index (χ2v) is 2.96. The first-order chi connectivity index (χ1) is 5.36. The molecule has 1 aromatic carbocycles. The van der Waals surface area contributed by atoms with E-state index in [2.05, 4.69) is 6.42 Å². The Balaban J connectivity index is 2.43. The maximum absolute atomic E-state index is 5.80. The molecule has 2 rings (SSSR count). The standard InChI is InChI=1S/C9H8ClO/c10-8-3-4-9-7(6-8)2-1-5-11-9/h2-4,6H,1,5H2. The molecule has 57 valence electrons. The molecular formula is C9H8ClO. The smallest absolute Gasteiger partial charge is 0.122 e. The molecule has 1 radical (unpaired) electrons. The number of benzene rings is 1. The molecule has 1 heterocycles. The highest BCUT2D eigenvalue weighted by molar-refractivity contribution is 6.30. The summed E-state index contributed by atoms with van der Waals surface area (Å²) in [6.07, 6.45) is 3.12. The minimum atomic E-state index is 0.769. The van der Waals surface area contributed by atoms with Gasteiger partial charge in [-0.15, -0.1) is 0 Å². The van der Waals surface area contributed by atoms with Crippen LogP contribution in [0.3, 0.4) is 0 Å². The van der Waals surface area contributed by atoms with Crippen molar-refractivity contribution in [2.24, 2.45) is 0 Å². The van der Waals surface area contributed by atoms with Crippen molar-refractivity contribution in [2.45, 2.75) is 6.42 Å². The molecule has 0 aromatic heterocycles. The van der Waals surface area contributed by atoms with E-state index in [0.29, 0.717) is 0 Å². The fourth-order valence-electron chi connectivity index (χ4n) is 1.19. The molecule has 0 saturated heterocycles. The molecule has 1 aliphatic rings. The highest BCUT2D eigenvalue weighted by Crippen LogP contribution is 2.28. The van der Waals surface area contributed by atoms with E-state index in [1.807, 2.05) is 18.2 Å². The zero-order chi connectivity index (χ0) is 7.68. The molecule has 0 fully saturated rings. The van der Waals surface area contributed by atoms with Gasteiger partial charge < -0.3 is 4.74 Å². The second kappa shape index (κ2) is 2.74. The lowest BCUT2D eigenvalue weighted by Gasteiger charge is -2.16. The van der Waals surface area contributed by atoms with E-state index in [1.54, 1.807) is 0 Å². The van der Waals surface area contributed by atoms with E-state index in [1.165, 1.54) is 0 Å². The molecule has 2 heteroatoms. The van der Waals surface area contributed by atoms with Crippen LogP contribution in [0, 0.1) is 6.42 Å². The zero-order valence-electron chi connectivity index (χ0n) is 6.01. The number of fused-ring (bicyclic) bond motifs is 1. The van der Waals surface area contributed by atoms with Crippen LogP contribution < -0.4 is 4.74 Å². The van der Waals surface area contributed by atoms with Crippen molar-refractivity contribution in [3.05, 3.63) is 35.2 Å². The van der Waals surface area contributed by atoms with E-state index in [-0.39, 0.29) is 0 Å². The molecule has 1 aliphatic heterocycles. The highest BCUT2D eigenvalue weighted by atomic mass is 35.5. The van der Waals surface area contributed by atoms with E-state index >= 15 is 0 Å². The summed E-state index contributed by atoms with van der Waals surface area (Å²) in [5.41, 5.74) is 1.11. The van der Waals surface area contributed by atoms with Crippen LogP contribution in [0.1, 0.15) is 12.0 Å². The van der Waals surface area contributed by atoms with Gasteiger partial charge in [0.15, 0.2) is 0 Å². The van der Waals surface area contributed by atoms with Gasteiger partial charge in [-0.25, -0.2) is 0 Å². The van der Waals surface area contributed by atoms with Crippen LogP contribution in [0.25, 0.3) is 0 Å². The monoisotopic (exact) mass is 167 g/mol. The van der Waals surface area contributed by atoms with E-state index in [9.17, 15) is 0 Å². The fraction of sp³-hybridized carbons (Fsp3) is 0.222. The van der Waals surface area contributed by atoms with Gasteiger partial charge in [0, 0.05) is 5.02 Å². The van der Waals surface area contributed by atoms with Gasteiger partial charge in [-0.2, -0.15) is 0 Å². The molecule has 0 amide bonds. The number of hydrogen-bond acceptors (Lipinski definition) is 1. The summed E-state index contributed by atoms with van der Waals surface area (Å²) in [7, 11) is 0. The highest BCUT2D eigenvalue weighted by Gasteiger charge is 2.09. The summed E-state index contributed by atoms with van der Waals surface area (Å²) in [5.74, 6) is 0.945. The van der Waals surface area contributed by atoms with Crippen molar-refractivity contribution in [1.29, 1.82) is 0 Å². The first-order valence-electron chi connectivity index (χ1n) is 3.62. The van der Waals surface area contributed by atoms with Crippen LogP contribution in [0.15, 0.2) is 18.2 Å². The van der Waals surface area contributed by atoms with Crippen LogP contribution in [-0.2, 0) is 0 Å². The average molecular weight is 168 g/mol. The molecule has 0 aliphatic carbocycles. The van der Waals surface area contributed by atoms with Gasteiger partial charge in [-0.05, 0) is 36.6 Å². The number of ether oxygens (including phenoxy) is 1.